The summed E-state index contributed by atoms with van der Waals surface area (Å²) in [6.45, 7) is 2.85. The maximum absolute atomic E-state index is 4.40. The molecular formula is C17H19N5S2. The predicted molar refractivity (Wildman–Crippen MR) is 98.4 cm³/mol. The highest BCUT2D eigenvalue weighted by molar-refractivity contribution is 7.99. The van der Waals surface area contributed by atoms with Crippen molar-refractivity contribution in [3.63, 3.8) is 0 Å². The molecule has 24 heavy (non-hydrogen) atoms. The molecule has 1 aliphatic heterocycles. The van der Waals surface area contributed by atoms with E-state index in [1.54, 1.807) is 11.3 Å². The van der Waals surface area contributed by atoms with Gasteiger partial charge in [0, 0.05) is 29.5 Å². The Morgan fingerprint density at radius 2 is 1.88 bits per heavy atom. The highest BCUT2D eigenvalue weighted by Gasteiger charge is 2.29. The molecular weight excluding hydrogens is 338 g/mol. The van der Waals surface area contributed by atoms with E-state index in [-0.39, 0.29) is 6.04 Å². The highest BCUT2D eigenvalue weighted by atomic mass is 32.2. The molecule has 4 rings (SSSR count). The van der Waals surface area contributed by atoms with Gasteiger partial charge in [-0.15, -0.1) is 16.4 Å². The van der Waals surface area contributed by atoms with E-state index in [2.05, 4.69) is 62.2 Å². The number of rotatable bonds is 5. The third-order valence-electron chi connectivity index (χ3n) is 4.20. The second-order valence-corrected chi connectivity index (χ2v) is 7.95. The summed E-state index contributed by atoms with van der Waals surface area (Å²) >= 11 is 3.80. The molecule has 2 aromatic heterocycles. The SMILES string of the molecule is c1ccc(Cn2nnnc2[C@@H](c2cccs2)N2CCSCC2)cc1. The number of thioether (sulfide) groups is 1. The Hall–Kier alpha value is -1.70. The molecule has 3 aromatic rings. The maximum atomic E-state index is 4.40. The highest BCUT2D eigenvalue weighted by Crippen LogP contribution is 2.32. The summed E-state index contributed by atoms with van der Waals surface area (Å²) in [5.74, 6) is 3.28. The molecule has 0 bridgehead atoms. The molecule has 7 heteroatoms. The van der Waals surface area contributed by atoms with Crippen LogP contribution >= 0.6 is 23.1 Å². The lowest BCUT2D eigenvalue weighted by molar-refractivity contribution is 0.238. The van der Waals surface area contributed by atoms with E-state index in [4.69, 9.17) is 0 Å². The van der Waals surface area contributed by atoms with E-state index >= 15 is 0 Å². The second kappa shape index (κ2) is 7.46. The van der Waals surface area contributed by atoms with Gasteiger partial charge in [0.25, 0.3) is 0 Å². The average Bonchev–Trinajstić information content (AvgIpc) is 3.31. The summed E-state index contributed by atoms with van der Waals surface area (Å²) < 4.78 is 1.95. The number of hydrogen-bond acceptors (Lipinski definition) is 6. The fourth-order valence-corrected chi connectivity index (χ4v) is 4.82. The van der Waals surface area contributed by atoms with Crippen molar-refractivity contribution in [1.29, 1.82) is 0 Å². The van der Waals surface area contributed by atoms with Crippen LogP contribution in [0.3, 0.4) is 0 Å². The van der Waals surface area contributed by atoms with Crippen LogP contribution in [0.4, 0.5) is 0 Å². The first-order valence-corrected chi connectivity index (χ1v) is 10.1. The van der Waals surface area contributed by atoms with Gasteiger partial charge in [0.1, 0.15) is 6.04 Å². The Morgan fingerprint density at radius 3 is 2.62 bits per heavy atom. The average molecular weight is 358 g/mol. The van der Waals surface area contributed by atoms with Gasteiger partial charge in [0.05, 0.1) is 6.54 Å². The van der Waals surface area contributed by atoms with Crippen molar-refractivity contribution in [3.8, 4) is 0 Å². The molecule has 124 valence electrons. The van der Waals surface area contributed by atoms with Gasteiger partial charge in [-0.1, -0.05) is 36.4 Å². The Bertz CT molecular complexity index is 750. The summed E-state index contributed by atoms with van der Waals surface area (Å²) in [7, 11) is 0. The minimum atomic E-state index is 0.143. The van der Waals surface area contributed by atoms with Crippen LogP contribution in [-0.4, -0.2) is 49.7 Å². The van der Waals surface area contributed by atoms with Crippen molar-refractivity contribution in [2.45, 2.75) is 12.6 Å². The number of hydrogen-bond donors (Lipinski definition) is 0. The molecule has 0 aliphatic carbocycles. The molecule has 0 spiro atoms. The van der Waals surface area contributed by atoms with E-state index in [0.29, 0.717) is 6.54 Å². The monoisotopic (exact) mass is 357 g/mol. The first-order chi connectivity index (χ1) is 11.9. The first-order valence-electron chi connectivity index (χ1n) is 8.07. The van der Waals surface area contributed by atoms with E-state index in [0.717, 1.165) is 18.9 Å². The summed E-state index contributed by atoms with van der Waals surface area (Å²) in [4.78, 5) is 3.82. The second-order valence-electron chi connectivity index (χ2n) is 5.75. The smallest absolute Gasteiger partial charge is 0.174 e. The van der Waals surface area contributed by atoms with Gasteiger partial charge in [-0.2, -0.15) is 11.8 Å². The standard InChI is InChI=1S/C17H19N5S2/c1-2-5-14(6-3-1)13-22-17(18-19-20-22)16(15-7-4-10-24-15)21-8-11-23-12-9-21/h1-7,10,16H,8-9,11-13H2/t16-/m1/s1. The third-order valence-corrected chi connectivity index (χ3v) is 6.07. The fraction of sp³-hybridized carbons (Fsp3) is 0.353. The molecule has 1 atom stereocenters. The van der Waals surface area contributed by atoms with E-state index in [1.165, 1.54) is 21.9 Å². The van der Waals surface area contributed by atoms with Gasteiger partial charge in [-0.25, -0.2) is 4.68 Å². The topological polar surface area (TPSA) is 46.8 Å². The molecule has 3 heterocycles. The molecule has 1 aliphatic rings. The van der Waals surface area contributed by atoms with E-state index in [9.17, 15) is 0 Å². The molecule has 0 unspecified atom stereocenters. The lowest BCUT2D eigenvalue weighted by Crippen LogP contribution is -2.37. The third kappa shape index (κ3) is 3.38. The van der Waals surface area contributed by atoms with Crippen molar-refractivity contribution >= 4 is 23.1 Å². The lowest BCUT2D eigenvalue weighted by atomic mass is 10.1. The minimum absolute atomic E-state index is 0.143. The number of thiophene rings is 1. The molecule has 0 radical (unpaired) electrons. The molecule has 0 N–H and O–H groups in total. The summed E-state index contributed by atoms with van der Waals surface area (Å²) in [6, 6.07) is 14.8. The van der Waals surface area contributed by atoms with Crippen molar-refractivity contribution in [2.75, 3.05) is 24.6 Å². The number of benzene rings is 1. The quantitative estimate of drug-likeness (QED) is 0.703. The molecule has 1 fully saturated rings. The van der Waals surface area contributed by atoms with E-state index < -0.39 is 0 Å². The molecule has 0 amide bonds. The number of aromatic nitrogens is 4. The van der Waals surface area contributed by atoms with Gasteiger partial charge in [0.15, 0.2) is 5.82 Å². The van der Waals surface area contributed by atoms with Crippen LogP contribution in [0, 0.1) is 0 Å². The van der Waals surface area contributed by atoms with Crippen LogP contribution in [0.1, 0.15) is 22.3 Å². The zero-order chi connectivity index (χ0) is 16.2. The van der Waals surface area contributed by atoms with Crippen LogP contribution in [0.5, 0.6) is 0 Å². The molecule has 1 aromatic carbocycles. The van der Waals surface area contributed by atoms with Crippen molar-refractivity contribution < 1.29 is 0 Å². The fourth-order valence-electron chi connectivity index (χ4n) is 3.03. The van der Waals surface area contributed by atoms with Gasteiger partial charge in [-0.05, 0) is 27.4 Å². The molecule has 5 nitrogen and oxygen atoms in total. The maximum Gasteiger partial charge on any atom is 0.174 e. The Balaban J connectivity index is 1.67. The van der Waals surface area contributed by atoms with Crippen LogP contribution in [0.15, 0.2) is 47.8 Å². The number of tetrazole rings is 1. The number of nitrogens with zero attached hydrogens (tertiary/aromatic N) is 5. The van der Waals surface area contributed by atoms with E-state index in [1.807, 2.05) is 22.5 Å². The summed E-state index contributed by atoms with van der Waals surface area (Å²) in [5.41, 5.74) is 1.21. The van der Waals surface area contributed by atoms with Gasteiger partial charge in [0.2, 0.25) is 0 Å². The van der Waals surface area contributed by atoms with Crippen LogP contribution in [-0.2, 0) is 6.54 Å². The van der Waals surface area contributed by atoms with Crippen molar-refractivity contribution in [3.05, 3.63) is 64.1 Å². The van der Waals surface area contributed by atoms with Gasteiger partial charge >= 0.3 is 0 Å². The Kier molecular flexibility index (Phi) is 4.91. The van der Waals surface area contributed by atoms with Crippen LogP contribution in [0.2, 0.25) is 0 Å². The Morgan fingerprint density at radius 1 is 1.04 bits per heavy atom. The zero-order valence-electron chi connectivity index (χ0n) is 13.3. The first kappa shape index (κ1) is 15.8. The van der Waals surface area contributed by atoms with Gasteiger partial charge in [-0.3, -0.25) is 4.90 Å². The Labute approximate surface area is 149 Å². The lowest BCUT2D eigenvalue weighted by Gasteiger charge is -2.32. The van der Waals surface area contributed by atoms with Crippen LogP contribution < -0.4 is 0 Å². The predicted octanol–water partition coefficient (Wildman–Crippen LogP) is 2.92. The van der Waals surface area contributed by atoms with Crippen LogP contribution in [0.25, 0.3) is 0 Å². The van der Waals surface area contributed by atoms with Gasteiger partial charge < -0.3 is 0 Å². The minimum Gasteiger partial charge on any atom is -0.287 e. The normalized spacial score (nSPS) is 17.0. The molecule has 1 saturated heterocycles. The van der Waals surface area contributed by atoms with Crippen molar-refractivity contribution in [1.82, 2.24) is 25.1 Å². The summed E-state index contributed by atoms with van der Waals surface area (Å²) in [6.07, 6.45) is 0. The summed E-state index contributed by atoms with van der Waals surface area (Å²) in [5, 5.41) is 14.8. The largest absolute Gasteiger partial charge is 0.287 e. The van der Waals surface area contributed by atoms with Crippen molar-refractivity contribution in [2.24, 2.45) is 0 Å². The molecule has 0 saturated carbocycles. The zero-order valence-corrected chi connectivity index (χ0v) is 14.9.